The molecule has 3 atom stereocenters. The van der Waals surface area contributed by atoms with Crippen molar-refractivity contribution >= 4 is 33.7 Å². The molecule has 1 N–H and O–H groups in total. The highest BCUT2D eigenvalue weighted by Crippen LogP contribution is 2.63. The Morgan fingerprint density at radius 3 is 2.88 bits per heavy atom. The molecule has 0 saturated carbocycles. The van der Waals surface area contributed by atoms with Gasteiger partial charge in [0, 0.05) is 22.9 Å². The summed E-state index contributed by atoms with van der Waals surface area (Å²) < 4.78 is 14.7. The first-order valence-corrected chi connectivity index (χ1v) is 12.0. The Labute approximate surface area is 195 Å². The number of esters is 1. The number of rotatable bonds is 2. The molecule has 0 radical (unpaired) electrons. The number of para-hydroxylation sites is 1. The van der Waals surface area contributed by atoms with Crippen molar-refractivity contribution in [2.75, 3.05) is 6.61 Å². The molecule has 1 fully saturated rings. The maximum Gasteiger partial charge on any atom is 0.339 e. The van der Waals surface area contributed by atoms with Crippen LogP contribution in [0.4, 0.5) is 0 Å². The molecule has 2 bridgehead atoms. The van der Waals surface area contributed by atoms with Gasteiger partial charge >= 0.3 is 5.97 Å². The summed E-state index contributed by atoms with van der Waals surface area (Å²) in [4.78, 5) is 26.9. The number of aromatic nitrogens is 1. The molecule has 0 spiro atoms. The standard InChI is InChI=1S/C28H22N2O4/c1-2-33-27(32)28-12-11-19(34-28)30-18-10-6-5-9-16(18)20-17-13-29-26(31)22(17)21-14-7-3-4-8-15(14)24(28)23(21)25(20)30/h3-10,19,24H,2,11-13H2,1H3,(H,29,31)/t19-,24?,28?/m1/s1. The first kappa shape index (κ1) is 18.7. The van der Waals surface area contributed by atoms with E-state index in [9.17, 15) is 9.59 Å². The third-order valence-corrected chi connectivity index (χ3v) is 8.26. The highest BCUT2D eigenvalue weighted by molar-refractivity contribution is 6.21. The zero-order valence-corrected chi connectivity index (χ0v) is 18.7. The molecular weight excluding hydrogens is 428 g/mol. The minimum atomic E-state index is -1.11. The fourth-order valence-electron chi connectivity index (χ4n) is 7.14. The topological polar surface area (TPSA) is 69.6 Å². The van der Waals surface area contributed by atoms with Gasteiger partial charge in [-0.25, -0.2) is 4.79 Å². The van der Waals surface area contributed by atoms with Crippen molar-refractivity contribution in [2.24, 2.45) is 0 Å². The lowest BCUT2D eigenvalue weighted by Gasteiger charge is -2.32. The summed E-state index contributed by atoms with van der Waals surface area (Å²) in [7, 11) is 0. The van der Waals surface area contributed by atoms with Crippen molar-refractivity contribution in [3.8, 4) is 11.1 Å². The highest BCUT2D eigenvalue weighted by atomic mass is 16.6. The second kappa shape index (κ2) is 6.07. The summed E-state index contributed by atoms with van der Waals surface area (Å²) in [6.07, 6.45) is 1.04. The van der Waals surface area contributed by atoms with E-state index in [-0.39, 0.29) is 24.0 Å². The van der Waals surface area contributed by atoms with Gasteiger partial charge in [0.1, 0.15) is 6.23 Å². The van der Waals surface area contributed by atoms with Crippen molar-refractivity contribution in [3.05, 3.63) is 70.8 Å². The molecule has 3 aliphatic heterocycles. The largest absolute Gasteiger partial charge is 0.464 e. The van der Waals surface area contributed by atoms with Crippen LogP contribution in [0.25, 0.3) is 32.9 Å². The molecule has 4 aromatic rings. The van der Waals surface area contributed by atoms with E-state index in [1.54, 1.807) is 0 Å². The summed E-state index contributed by atoms with van der Waals surface area (Å²) in [5.41, 5.74) is 6.92. The van der Waals surface area contributed by atoms with Crippen molar-refractivity contribution < 1.29 is 19.1 Å². The Bertz CT molecular complexity index is 1620. The van der Waals surface area contributed by atoms with Crippen LogP contribution in [0.3, 0.4) is 0 Å². The van der Waals surface area contributed by atoms with E-state index in [1.165, 1.54) is 0 Å². The summed E-state index contributed by atoms with van der Waals surface area (Å²) in [5.74, 6) is -0.677. The van der Waals surface area contributed by atoms with Gasteiger partial charge in [-0.05, 0) is 48.1 Å². The van der Waals surface area contributed by atoms with Gasteiger partial charge in [0.25, 0.3) is 5.91 Å². The van der Waals surface area contributed by atoms with Crippen LogP contribution in [0.1, 0.15) is 59.0 Å². The first-order valence-electron chi connectivity index (χ1n) is 12.0. The molecular formula is C28H22N2O4. The molecule has 4 heterocycles. The molecule has 4 aliphatic rings. The molecule has 6 nitrogen and oxygen atoms in total. The maximum absolute atomic E-state index is 13.7. The molecule has 3 aromatic carbocycles. The number of hydrogen-bond donors (Lipinski definition) is 1. The van der Waals surface area contributed by atoms with Gasteiger partial charge in [-0.3, -0.25) is 4.79 Å². The van der Waals surface area contributed by atoms with Gasteiger partial charge in [-0.15, -0.1) is 0 Å². The highest BCUT2D eigenvalue weighted by Gasteiger charge is 2.60. The van der Waals surface area contributed by atoms with Gasteiger partial charge in [0.2, 0.25) is 0 Å². The molecule has 1 saturated heterocycles. The first-order chi connectivity index (χ1) is 16.7. The number of nitrogens with zero attached hydrogens (tertiary/aromatic N) is 1. The monoisotopic (exact) mass is 450 g/mol. The minimum Gasteiger partial charge on any atom is -0.464 e. The van der Waals surface area contributed by atoms with Crippen LogP contribution in [0.2, 0.25) is 0 Å². The van der Waals surface area contributed by atoms with E-state index in [1.807, 2.05) is 31.2 Å². The third kappa shape index (κ3) is 1.91. The Hall–Kier alpha value is -3.64. The van der Waals surface area contributed by atoms with Crippen LogP contribution < -0.4 is 5.32 Å². The Morgan fingerprint density at radius 1 is 1.18 bits per heavy atom. The Morgan fingerprint density at radius 2 is 2.00 bits per heavy atom. The lowest BCUT2D eigenvalue weighted by molar-refractivity contribution is -0.175. The van der Waals surface area contributed by atoms with Crippen molar-refractivity contribution in [2.45, 2.75) is 44.1 Å². The zero-order chi connectivity index (χ0) is 22.8. The number of fused-ring (bicyclic) bond motifs is 13. The predicted octanol–water partition coefficient (Wildman–Crippen LogP) is 4.77. The fourth-order valence-corrected chi connectivity index (χ4v) is 7.14. The SMILES string of the molecule is CCOC(=O)C12CC[C@@H](O1)n1c3ccccc3c3c4c(c5c(c31)C2c1ccccc1-5)C(=O)NC4. The van der Waals surface area contributed by atoms with Gasteiger partial charge in [0.05, 0.1) is 29.1 Å². The molecule has 1 aromatic heterocycles. The van der Waals surface area contributed by atoms with E-state index in [0.29, 0.717) is 19.6 Å². The van der Waals surface area contributed by atoms with Crippen LogP contribution in [-0.2, 0) is 20.8 Å². The second-order valence-corrected chi connectivity index (χ2v) is 9.68. The number of ether oxygens (including phenoxy) is 2. The van der Waals surface area contributed by atoms with Crippen LogP contribution in [0.5, 0.6) is 0 Å². The lowest BCUT2D eigenvalue weighted by atomic mass is 9.77. The van der Waals surface area contributed by atoms with Crippen LogP contribution in [0, 0.1) is 0 Å². The molecule has 6 heteroatoms. The van der Waals surface area contributed by atoms with Crippen molar-refractivity contribution in [1.29, 1.82) is 0 Å². The average Bonchev–Trinajstić information content (AvgIpc) is 3.58. The maximum atomic E-state index is 13.7. The van der Waals surface area contributed by atoms with Crippen LogP contribution in [-0.4, -0.2) is 28.7 Å². The second-order valence-electron chi connectivity index (χ2n) is 9.68. The number of benzene rings is 3. The zero-order valence-electron chi connectivity index (χ0n) is 18.7. The predicted molar refractivity (Wildman–Crippen MR) is 127 cm³/mol. The molecule has 1 aliphatic carbocycles. The van der Waals surface area contributed by atoms with Gasteiger partial charge in [-0.1, -0.05) is 42.5 Å². The summed E-state index contributed by atoms with van der Waals surface area (Å²) in [5, 5.41) is 5.32. The van der Waals surface area contributed by atoms with Crippen LogP contribution >= 0.6 is 0 Å². The number of hydrogen-bond acceptors (Lipinski definition) is 4. The van der Waals surface area contributed by atoms with Crippen LogP contribution in [0.15, 0.2) is 48.5 Å². The average molecular weight is 450 g/mol. The molecule has 168 valence electrons. The normalized spacial score (nSPS) is 25.4. The fraction of sp³-hybridized carbons (Fsp3) is 0.286. The third-order valence-electron chi connectivity index (χ3n) is 8.26. The summed E-state index contributed by atoms with van der Waals surface area (Å²) in [6, 6.07) is 16.5. The Balaban J connectivity index is 1.63. The van der Waals surface area contributed by atoms with Gasteiger partial charge in [0.15, 0.2) is 5.60 Å². The molecule has 2 unspecified atom stereocenters. The summed E-state index contributed by atoms with van der Waals surface area (Å²) in [6.45, 7) is 2.64. The van der Waals surface area contributed by atoms with E-state index in [4.69, 9.17) is 9.47 Å². The van der Waals surface area contributed by atoms with Gasteiger partial charge < -0.3 is 19.4 Å². The van der Waals surface area contributed by atoms with Gasteiger partial charge in [-0.2, -0.15) is 0 Å². The number of carbonyl (C=O) groups is 2. The quantitative estimate of drug-likeness (QED) is 0.447. The van der Waals surface area contributed by atoms with Crippen molar-refractivity contribution in [1.82, 2.24) is 9.88 Å². The lowest BCUT2D eigenvalue weighted by Crippen LogP contribution is -2.45. The van der Waals surface area contributed by atoms with E-state index in [2.05, 4.69) is 34.1 Å². The van der Waals surface area contributed by atoms with E-state index >= 15 is 0 Å². The molecule has 34 heavy (non-hydrogen) atoms. The minimum absolute atomic E-state index is 0.0454. The van der Waals surface area contributed by atoms with E-state index in [0.717, 1.165) is 61.6 Å². The molecule has 1 amide bonds. The van der Waals surface area contributed by atoms with Crippen molar-refractivity contribution in [3.63, 3.8) is 0 Å². The summed E-state index contributed by atoms with van der Waals surface area (Å²) >= 11 is 0. The Kier molecular flexibility index (Phi) is 3.35. The number of amides is 1. The molecule has 8 rings (SSSR count). The van der Waals surface area contributed by atoms with E-state index < -0.39 is 5.60 Å². The number of carbonyl (C=O) groups excluding carboxylic acids is 2. The number of nitrogens with one attached hydrogen (secondary N) is 1. The smallest absolute Gasteiger partial charge is 0.339 e.